The van der Waals surface area contributed by atoms with Crippen LogP contribution >= 0.6 is 11.3 Å². The van der Waals surface area contributed by atoms with Gasteiger partial charge in [-0.25, -0.2) is 0 Å². The summed E-state index contributed by atoms with van der Waals surface area (Å²) in [6, 6.07) is 15.6. The molecule has 27 heavy (non-hydrogen) atoms. The molecule has 0 unspecified atom stereocenters. The van der Waals surface area contributed by atoms with Gasteiger partial charge in [0.1, 0.15) is 25.6 Å². The average Bonchev–Trinajstić information content (AvgIpc) is 3.17. The molecule has 5 nitrogen and oxygen atoms in total. The fourth-order valence-electron chi connectivity index (χ4n) is 3.28. The normalized spacial score (nSPS) is 13.9. The highest BCUT2D eigenvalue weighted by molar-refractivity contribution is 7.17. The number of thiophene rings is 1. The largest absolute Gasteiger partial charge is 0.488 e. The Morgan fingerprint density at radius 3 is 2.74 bits per heavy atom. The van der Waals surface area contributed by atoms with Crippen LogP contribution in [0.2, 0.25) is 0 Å². The van der Waals surface area contributed by atoms with Crippen LogP contribution < -0.4 is 19.5 Å². The van der Waals surface area contributed by atoms with E-state index in [-0.39, 0.29) is 5.91 Å². The summed E-state index contributed by atoms with van der Waals surface area (Å²) in [5.41, 5.74) is 3.08. The van der Waals surface area contributed by atoms with Crippen LogP contribution in [-0.4, -0.2) is 19.1 Å². The number of nitrogens with one attached hydrogen (secondary N) is 1. The van der Waals surface area contributed by atoms with E-state index in [9.17, 15) is 4.79 Å². The van der Waals surface area contributed by atoms with Gasteiger partial charge in [-0.05, 0) is 35.9 Å². The molecule has 0 aliphatic carbocycles. The summed E-state index contributed by atoms with van der Waals surface area (Å²) < 4.78 is 16.9. The highest BCUT2D eigenvalue weighted by Crippen LogP contribution is 2.42. The van der Waals surface area contributed by atoms with E-state index in [1.54, 1.807) is 0 Å². The van der Waals surface area contributed by atoms with Gasteiger partial charge in [0.15, 0.2) is 11.5 Å². The third-order valence-electron chi connectivity index (χ3n) is 4.61. The second-order valence-electron chi connectivity index (χ2n) is 6.41. The maximum Gasteiger partial charge on any atom is 0.261 e. The van der Waals surface area contributed by atoms with Crippen molar-refractivity contribution in [3.05, 3.63) is 64.5 Å². The lowest BCUT2D eigenvalue weighted by Crippen LogP contribution is -2.22. The third-order valence-corrected chi connectivity index (χ3v) is 5.82. The van der Waals surface area contributed by atoms with Crippen LogP contribution in [0.1, 0.15) is 20.8 Å². The van der Waals surface area contributed by atoms with E-state index in [1.165, 1.54) is 11.3 Å². The van der Waals surface area contributed by atoms with Crippen molar-refractivity contribution < 1.29 is 19.0 Å². The number of carbonyl (C=O) groups is 1. The number of hydrogen-bond donors (Lipinski definition) is 1. The van der Waals surface area contributed by atoms with Gasteiger partial charge in [0.05, 0.1) is 4.88 Å². The highest BCUT2D eigenvalue weighted by atomic mass is 32.1. The standard InChI is InChI=1S/C21H17NO4S/c23-21(22-11-13-5-6-17-18(9-13)25-8-7-24-17)19-10-14-12-26-16-4-2-1-3-15(16)20(14)27-19/h1-6,9-10H,7-8,11-12H2,(H,22,23). The zero-order valence-electron chi connectivity index (χ0n) is 14.5. The minimum absolute atomic E-state index is 0.0817. The molecule has 2 aliphatic rings. The summed E-state index contributed by atoms with van der Waals surface area (Å²) >= 11 is 1.51. The van der Waals surface area contributed by atoms with Crippen molar-refractivity contribution in [3.8, 4) is 27.7 Å². The fraction of sp³-hybridized carbons (Fsp3) is 0.190. The van der Waals surface area contributed by atoms with Crippen molar-refractivity contribution in [3.63, 3.8) is 0 Å². The smallest absolute Gasteiger partial charge is 0.261 e. The molecule has 5 rings (SSSR count). The van der Waals surface area contributed by atoms with Gasteiger partial charge < -0.3 is 19.5 Å². The Morgan fingerprint density at radius 2 is 1.81 bits per heavy atom. The summed E-state index contributed by atoms with van der Waals surface area (Å²) in [6.45, 7) is 2.05. The quantitative estimate of drug-likeness (QED) is 0.747. The molecular formula is C21H17NO4S. The second-order valence-corrected chi connectivity index (χ2v) is 7.46. The van der Waals surface area contributed by atoms with Crippen LogP contribution in [0.4, 0.5) is 0 Å². The molecule has 3 heterocycles. The zero-order chi connectivity index (χ0) is 18.2. The van der Waals surface area contributed by atoms with Gasteiger partial charge in [-0.2, -0.15) is 0 Å². The lowest BCUT2D eigenvalue weighted by molar-refractivity contribution is 0.0954. The average molecular weight is 379 g/mol. The van der Waals surface area contributed by atoms with Gasteiger partial charge in [-0.3, -0.25) is 4.79 Å². The first-order chi connectivity index (χ1) is 13.3. The van der Waals surface area contributed by atoms with Gasteiger partial charge >= 0.3 is 0 Å². The third kappa shape index (κ3) is 3.02. The van der Waals surface area contributed by atoms with Crippen molar-refractivity contribution >= 4 is 17.2 Å². The predicted molar refractivity (Wildman–Crippen MR) is 103 cm³/mol. The van der Waals surface area contributed by atoms with Crippen LogP contribution in [0.3, 0.4) is 0 Å². The topological polar surface area (TPSA) is 56.8 Å². The maximum absolute atomic E-state index is 12.6. The predicted octanol–water partition coefficient (Wildman–Crippen LogP) is 4.01. The maximum atomic E-state index is 12.6. The van der Waals surface area contributed by atoms with Gasteiger partial charge in [-0.1, -0.05) is 18.2 Å². The van der Waals surface area contributed by atoms with E-state index in [1.807, 2.05) is 48.5 Å². The summed E-state index contributed by atoms with van der Waals surface area (Å²) in [5.74, 6) is 2.27. The van der Waals surface area contributed by atoms with Gasteiger partial charge in [0.25, 0.3) is 5.91 Å². The van der Waals surface area contributed by atoms with Crippen LogP contribution in [0.15, 0.2) is 48.5 Å². The van der Waals surface area contributed by atoms with Crippen molar-refractivity contribution in [1.29, 1.82) is 0 Å². The van der Waals surface area contributed by atoms with Crippen LogP contribution in [0.25, 0.3) is 10.4 Å². The van der Waals surface area contributed by atoms with Gasteiger partial charge in [0.2, 0.25) is 0 Å². The number of fused-ring (bicyclic) bond motifs is 4. The molecule has 2 aromatic carbocycles. The molecule has 0 atom stereocenters. The summed E-state index contributed by atoms with van der Waals surface area (Å²) in [5, 5.41) is 2.99. The first-order valence-electron chi connectivity index (χ1n) is 8.79. The van der Waals surface area contributed by atoms with Crippen molar-refractivity contribution in [2.75, 3.05) is 13.2 Å². The number of carbonyl (C=O) groups excluding carboxylic acids is 1. The SMILES string of the molecule is O=C(NCc1ccc2c(c1)OCCO2)c1cc2c(s1)-c1ccccc1OC2. The Morgan fingerprint density at radius 1 is 0.963 bits per heavy atom. The highest BCUT2D eigenvalue weighted by Gasteiger charge is 2.22. The molecule has 0 bridgehead atoms. The number of benzene rings is 2. The number of hydrogen-bond acceptors (Lipinski definition) is 5. The number of ether oxygens (including phenoxy) is 3. The minimum Gasteiger partial charge on any atom is -0.488 e. The molecule has 0 saturated heterocycles. The van der Waals surface area contributed by atoms with Gasteiger partial charge in [-0.15, -0.1) is 11.3 Å². The van der Waals surface area contributed by atoms with Crippen molar-refractivity contribution in [2.45, 2.75) is 13.2 Å². The molecule has 2 aliphatic heterocycles. The lowest BCUT2D eigenvalue weighted by Gasteiger charge is -2.18. The van der Waals surface area contributed by atoms with Crippen LogP contribution in [-0.2, 0) is 13.2 Å². The fourth-order valence-corrected chi connectivity index (χ4v) is 4.39. The number of amides is 1. The summed E-state index contributed by atoms with van der Waals surface area (Å²) in [6.07, 6.45) is 0. The zero-order valence-corrected chi connectivity index (χ0v) is 15.3. The molecule has 0 spiro atoms. The number of para-hydroxylation sites is 1. The molecule has 3 aromatic rings. The Bertz CT molecular complexity index is 1030. The lowest BCUT2D eigenvalue weighted by atomic mass is 10.1. The summed E-state index contributed by atoms with van der Waals surface area (Å²) in [4.78, 5) is 14.4. The first kappa shape index (κ1) is 16.2. The monoisotopic (exact) mass is 379 g/mol. The van der Waals surface area contributed by atoms with E-state index < -0.39 is 0 Å². The van der Waals surface area contributed by atoms with E-state index in [4.69, 9.17) is 14.2 Å². The molecule has 6 heteroatoms. The van der Waals surface area contributed by atoms with Crippen molar-refractivity contribution in [1.82, 2.24) is 5.32 Å². The second kappa shape index (κ2) is 6.63. The van der Waals surface area contributed by atoms with Gasteiger partial charge in [0, 0.05) is 22.5 Å². The van der Waals surface area contributed by atoms with E-state index in [0.717, 1.165) is 38.8 Å². The Balaban J connectivity index is 1.32. The molecule has 1 amide bonds. The molecule has 0 saturated carbocycles. The Kier molecular flexibility index (Phi) is 3.98. The Labute approximate surface area is 160 Å². The first-order valence-corrected chi connectivity index (χ1v) is 9.61. The van der Waals surface area contributed by atoms with Crippen LogP contribution in [0, 0.1) is 0 Å². The molecule has 0 radical (unpaired) electrons. The van der Waals surface area contributed by atoms with Crippen LogP contribution in [0.5, 0.6) is 17.2 Å². The Hall–Kier alpha value is -2.99. The molecule has 1 N–H and O–H groups in total. The van der Waals surface area contributed by atoms with E-state index in [2.05, 4.69) is 5.32 Å². The summed E-state index contributed by atoms with van der Waals surface area (Å²) in [7, 11) is 0. The molecule has 1 aromatic heterocycles. The number of rotatable bonds is 3. The van der Waals surface area contributed by atoms with E-state index >= 15 is 0 Å². The minimum atomic E-state index is -0.0817. The van der Waals surface area contributed by atoms with Crippen molar-refractivity contribution in [2.24, 2.45) is 0 Å². The van der Waals surface area contributed by atoms with E-state index in [0.29, 0.717) is 31.2 Å². The molecular weight excluding hydrogens is 362 g/mol. The molecule has 136 valence electrons. The molecule has 0 fully saturated rings.